The van der Waals surface area contributed by atoms with Gasteiger partial charge in [-0.1, -0.05) is 30.3 Å². The lowest BCUT2D eigenvalue weighted by molar-refractivity contribution is 0.235. The van der Waals surface area contributed by atoms with Crippen molar-refractivity contribution in [1.82, 2.24) is 4.72 Å². The van der Waals surface area contributed by atoms with Crippen LogP contribution < -0.4 is 4.72 Å². The minimum atomic E-state index is -3.36. The molecule has 1 aromatic carbocycles. The molecular formula is C13H19NO3S. The van der Waals surface area contributed by atoms with Gasteiger partial charge < -0.3 is 4.74 Å². The molecule has 0 fully saturated rings. The van der Waals surface area contributed by atoms with Crippen molar-refractivity contribution in [3.05, 3.63) is 48.4 Å². The van der Waals surface area contributed by atoms with Crippen molar-refractivity contribution in [2.24, 2.45) is 0 Å². The van der Waals surface area contributed by atoms with Gasteiger partial charge in [-0.3, -0.25) is 4.72 Å². The average molecular weight is 269 g/mol. The average Bonchev–Trinajstić information content (AvgIpc) is 2.28. The van der Waals surface area contributed by atoms with Crippen LogP contribution in [0.5, 0.6) is 0 Å². The second kappa shape index (κ2) is 5.91. The van der Waals surface area contributed by atoms with E-state index < -0.39 is 14.8 Å². The molecule has 18 heavy (non-hydrogen) atoms. The molecule has 1 N–H and O–H groups in total. The van der Waals surface area contributed by atoms with Gasteiger partial charge in [-0.05, 0) is 26.3 Å². The van der Waals surface area contributed by atoms with E-state index in [4.69, 9.17) is 4.74 Å². The van der Waals surface area contributed by atoms with E-state index in [0.29, 0.717) is 6.61 Å². The summed E-state index contributed by atoms with van der Waals surface area (Å²) >= 11 is 0. The molecule has 0 saturated heterocycles. The predicted molar refractivity (Wildman–Crippen MR) is 72.2 cm³/mol. The molecule has 0 aliphatic carbocycles. The Labute approximate surface area is 109 Å². The Morgan fingerprint density at radius 1 is 1.22 bits per heavy atom. The molecule has 1 aromatic rings. The highest BCUT2D eigenvalue weighted by Gasteiger charge is 2.27. The SMILES string of the molecule is CC(C)(C)S(=O)(=O)NC=COCc1ccccc1. The Hall–Kier alpha value is -1.49. The van der Waals surface area contributed by atoms with Gasteiger partial charge in [-0.2, -0.15) is 0 Å². The second-order valence-electron chi connectivity index (χ2n) is 4.83. The molecule has 100 valence electrons. The number of rotatable bonds is 5. The molecule has 0 aromatic heterocycles. The topological polar surface area (TPSA) is 55.4 Å². The summed E-state index contributed by atoms with van der Waals surface area (Å²) in [6.45, 7) is 5.31. The highest BCUT2D eigenvalue weighted by molar-refractivity contribution is 7.90. The maximum Gasteiger partial charge on any atom is 0.237 e. The number of hydrogen-bond acceptors (Lipinski definition) is 3. The highest BCUT2D eigenvalue weighted by atomic mass is 32.2. The lowest BCUT2D eigenvalue weighted by Gasteiger charge is -2.18. The summed E-state index contributed by atoms with van der Waals surface area (Å²) < 4.78 is 30.1. The first-order valence-corrected chi connectivity index (χ1v) is 7.14. The number of nitrogens with one attached hydrogen (secondary N) is 1. The molecule has 0 radical (unpaired) electrons. The molecule has 0 atom stereocenters. The van der Waals surface area contributed by atoms with E-state index in [2.05, 4.69) is 4.72 Å². The fourth-order valence-corrected chi connectivity index (χ4v) is 1.65. The fraction of sp³-hybridized carbons (Fsp3) is 0.385. The molecule has 0 bridgehead atoms. The van der Waals surface area contributed by atoms with Crippen molar-refractivity contribution in [3.63, 3.8) is 0 Å². The van der Waals surface area contributed by atoms with Crippen LogP contribution in [-0.4, -0.2) is 13.2 Å². The van der Waals surface area contributed by atoms with Crippen molar-refractivity contribution in [2.45, 2.75) is 32.1 Å². The normalized spacial score (nSPS) is 12.6. The summed E-state index contributed by atoms with van der Waals surface area (Å²) in [6, 6.07) is 9.65. The zero-order valence-corrected chi connectivity index (χ0v) is 11.7. The summed E-state index contributed by atoms with van der Waals surface area (Å²) in [5, 5.41) is 0. The lowest BCUT2D eigenvalue weighted by atomic mass is 10.2. The predicted octanol–water partition coefficient (Wildman–Crippen LogP) is 2.39. The maximum atomic E-state index is 11.7. The summed E-state index contributed by atoms with van der Waals surface area (Å²) in [4.78, 5) is 0. The van der Waals surface area contributed by atoms with Crippen molar-refractivity contribution >= 4 is 10.0 Å². The number of hydrogen-bond donors (Lipinski definition) is 1. The number of benzene rings is 1. The van der Waals surface area contributed by atoms with Crippen LogP contribution in [0.4, 0.5) is 0 Å². The van der Waals surface area contributed by atoms with E-state index in [0.717, 1.165) is 5.56 Å². The largest absolute Gasteiger partial charge is 0.495 e. The lowest BCUT2D eigenvalue weighted by Crippen LogP contribution is -2.36. The van der Waals surface area contributed by atoms with Crippen LogP contribution >= 0.6 is 0 Å². The van der Waals surface area contributed by atoms with E-state index in [1.165, 1.54) is 12.5 Å². The summed E-state index contributed by atoms with van der Waals surface area (Å²) in [6.07, 6.45) is 2.64. The van der Waals surface area contributed by atoms with Crippen molar-refractivity contribution in [2.75, 3.05) is 0 Å². The molecule has 0 aliphatic rings. The van der Waals surface area contributed by atoms with Crippen LogP contribution in [0, 0.1) is 0 Å². The first-order chi connectivity index (χ1) is 8.33. The zero-order chi connectivity index (χ0) is 13.6. The summed E-state index contributed by atoms with van der Waals surface area (Å²) in [5.41, 5.74) is 1.03. The minimum absolute atomic E-state index is 0.411. The number of sulfonamides is 1. The van der Waals surface area contributed by atoms with Crippen molar-refractivity contribution in [3.8, 4) is 0 Å². The van der Waals surface area contributed by atoms with Gasteiger partial charge >= 0.3 is 0 Å². The Kier molecular flexibility index (Phi) is 4.78. The van der Waals surface area contributed by atoms with Gasteiger partial charge in [0.05, 0.1) is 4.75 Å². The third-order valence-electron chi connectivity index (χ3n) is 2.29. The molecule has 0 aliphatic heterocycles. The smallest absolute Gasteiger partial charge is 0.237 e. The van der Waals surface area contributed by atoms with E-state index in [-0.39, 0.29) is 0 Å². The van der Waals surface area contributed by atoms with Gasteiger partial charge in [-0.25, -0.2) is 8.42 Å². The first kappa shape index (κ1) is 14.6. The van der Waals surface area contributed by atoms with E-state index >= 15 is 0 Å². The molecule has 0 heterocycles. The quantitative estimate of drug-likeness (QED) is 0.835. The third-order valence-corrected chi connectivity index (χ3v) is 4.35. The summed E-state index contributed by atoms with van der Waals surface area (Å²) in [7, 11) is -3.36. The van der Waals surface area contributed by atoms with Crippen LogP contribution in [0.15, 0.2) is 42.8 Å². The maximum absolute atomic E-state index is 11.7. The van der Waals surface area contributed by atoms with E-state index in [9.17, 15) is 8.42 Å². The number of ether oxygens (including phenoxy) is 1. The zero-order valence-electron chi connectivity index (χ0n) is 10.9. The molecule has 1 rings (SSSR count). The van der Waals surface area contributed by atoms with Gasteiger partial charge in [0.25, 0.3) is 0 Å². The fourth-order valence-electron chi connectivity index (χ4n) is 1.06. The molecule has 0 saturated carbocycles. The van der Waals surface area contributed by atoms with Gasteiger partial charge in [0, 0.05) is 6.20 Å². The molecule has 5 heteroatoms. The second-order valence-corrected chi connectivity index (χ2v) is 7.30. The molecular weight excluding hydrogens is 250 g/mol. The van der Waals surface area contributed by atoms with Crippen molar-refractivity contribution in [1.29, 1.82) is 0 Å². The van der Waals surface area contributed by atoms with Gasteiger partial charge in [-0.15, -0.1) is 0 Å². The minimum Gasteiger partial charge on any atom is -0.495 e. The van der Waals surface area contributed by atoms with E-state index in [1.54, 1.807) is 20.8 Å². The Bertz CT molecular complexity index is 487. The Morgan fingerprint density at radius 2 is 1.83 bits per heavy atom. The van der Waals surface area contributed by atoms with Gasteiger partial charge in [0.2, 0.25) is 10.0 Å². The van der Waals surface area contributed by atoms with Crippen LogP contribution in [0.3, 0.4) is 0 Å². The monoisotopic (exact) mass is 269 g/mol. The Morgan fingerprint density at radius 3 is 2.39 bits per heavy atom. The van der Waals surface area contributed by atoms with Gasteiger partial charge in [0.15, 0.2) is 0 Å². The molecule has 0 amide bonds. The molecule has 0 unspecified atom stereocenters. The van der Waals surface area contributed by atoms with Crippen LogP contribution in [0.25, 0.3) is 0 Å². The van der Waals surface area contributed by atoms with E-state index in [1.807, 2.05) is 30.3 Å². The van der Waals surface area contributed by atoms with Crippen LogP contribution in [0.2, 0.25) is 0 Å². The standard InChI is InChI=1S/C13H19NO3S/c1-13(2,3)18(15,16)14-9-10-17-11-12-7-5-4-6-8-12/h4-10,14H,11H2,1-3H3. The first-order valence-electron chi connectivity index (χ1n) is 5.65. The highest BCUT2D eigenvalue weighted by Crippen LogP contribution is 2.12. The molecule has 4 nitrogen and oxygen atoms in total. The summed E-state index contributed by atoms with van der Waals surface area (Å²) in [5.74, 6) is 0. The Balaban J connectivity index is 2.40. The van der Waals surface area contributed by atoms with Crippen LogP contribution in [-0.2, 0) is 21.4 Å². The third kappa shape index (κ3) is 4.41. The van der Waals surface area contributed by atoms with Crippen molar-refractivity contribution < 1.29 is 13.2 Å². The van der Waals surface area contributed by atoms with Gasteiger partial charge in [0.1, 0.15) is 12.9 Å². The van der Waals surface area contributed by atoms with Crippen LogP contribution in [0.1, 0.15) is 26.3 Å². The molecule has 0 spiro atoms.